The Hall–Kier alpha value is -4.84. The van der Waals surface area contributed by atoms with Crippen molar-refractivity contribution in [3.05, 3.63) is 129 Å². The molecule has 0 bridgehead atoms. The summed E-state index contributed by atoms with van der Waals surface area (Å²) in [4.78, 5) is 0. The van der Waals surface area contributed by atoms with Gasteiger partial charge in [-0.2, -0.15) is 10.2 Å². The van der Waals surface area contributed by atoms with Crippen molar-refractivity contribution in [1.82, 2.24) is 0 Å². The molecule has 0 fully saturated rings. The molecule has 4 aromatic carbocycles. The van der Waals surface area contributed by atoms with E-state index in [2.05, 4.69) is 105 Å². The van der Waals surface area contributed by atoms with Crippen molar-refractivity contribution >= 4 is 23.9 Å². The first-order valence-electron chi connectivity index (χ1n) is 17.3. The van der Waals surface area contributed by atoms with Crippen LogP contribution in [0.15, 0.2) is 105 Å². The van der Waals surface area contributed by atoms with Gasteiger partial charge in [0.05, 0.1) is 12.4 Å². The molecule has 0 amide bonds. The zero-order valence-corrected chi connectivity index (χ0v) is 31.9. The molecule has 0 saturated carbocycles. The average molecular weight is 671 g/mol. The first kappa shape index (κ1) is 38.0. The summed E-state index contributed by atoms with van der Waals surface area (Å²) in [7, 11) is 0. The molecule has 262 valence electrons. The van der Waals surface area contributed by atoms with Crippen molar-refractivity contribution in [1.29, 1.82) is 0 Å². The number of rotatable bonds is 7. The van der Waals surface area contributed by atoms with Gasteiger partial charge in [0.25, 0.3) is 0 Å². The number of benzene rings is 4. The van der Waals surface area contributed by atoms with Gasteiger partial charge < -0.3 is 10.2 Å². The highest BCUT2D eigenvalue weighted by molar-refractivity contribution is 6.53. The van der Waals surface area contributed by atoms with Crippen LogP contribution in [-0.4, -0.2) is 34.1 Å². The Morgan fingerprint density at radius 2 is 0.780 bits per heavy atom. The largest absolute Gasteiger partial charge is 0.507 e. The van der Waals surface area contributed by atoms with Crippen LogP contribution >= 0.6 is 0 Å². The standard InChI is InChI=1S/C44H54N4O2/c1-41(2,3)33-23-31(39(49)35(25-33)43(7,8)9)27-45-47-37(29-19-15-13-16-20-29)38(30-21-17-14-18-22-30)48-46-28-32-24-34(42(4,5)6)26-36(40(32)50)44(10,11)12/h13-28,49-50H,1-12H3/b45-27+,46-28+,47-37+,48-38+. The third kappa shape index (κ3) is 9.23. The van der Waals surface area contributed by atoms with Gasteiger partial charge in [-0.15, -0.1) is 10.2 Å². The number of phenolic OH excluding ortho intramolecular Hbond substituents is 2. The summed E-state index contributed by atoms with van der Waals surface area (Å²) in [6.45, 7) is 25.5. The van der Waals surface area contributed by atoms with Gasteiger partial charge in [-0.1, -0.05) is 156 Å². The van der Waals surface area contributed by atoms with Crippen LogP contribution in [0.25, 0.3) is 0 Å². The van der Waals surface area contributed by atoms with E-state index in [1.165, 1.54) is 0 Å². The summed E-state index contributed by atoms with van der Waals surface area (Å²) >= 11 is 0. The maximum Gasteiger partial charge on any atom is 0.128 e. The predicted octanol–water partition coefficient (Wildman–Crippen LogP) is 10.6. The van der Waals surface area contributed by atoms with Crippen LogP contribution in [0.3, 0.4) is 0 Å². The SMILES string of the molecule is CC(C)(C)c1cc(/C=N/N=C(/C(=N/N=C/c2cc(C(C)(C)C)cc(C(C)(C)C)c2O)c2ccccc2)c2ccccc2)c(O)c(C(C)(C)C)c1. The second-order valence-electron chi connectivity index (χ2n) is 17.0. The molecule has 0 unspecified atom stereocenters. The average Bonchev–Trinajstić information content (AvgIpc) is 3.02. The minimum atomic E-state index is -0.272. The fourth-order valence-corrected chi connectivity index (χ4v) is 5.49. The summed E-state index contributed by atoms with van der Waals surface area (Å²) in [6.07, 6.45) is 3.22. The van der Waals surface area contributed by atoms with E-state index in [0.29, 0.717) is 22.6 Å². The topological polar surface area (TPSA) is 89.9 Å². The monoisotopic (exact) mass is 670 g/mol. The van der Waals surface area contributed by atoms with E-state index in [1.807, 2.05) is 72.8 Å². The third-order valence-electron chi connectivity index (χ3n) is 8.65. The van der Waals surface area contributed by atoms with Gasteiger partial charge in [-0.25, -0.2) is 0 Å². The van der Waals surface area contributed by atoms with Gasteiger partial charge in [0.1, 0.15) is 22.9 Å². The first-order valence-corrected chi connectivity index (χ1v) is 17.3. The number of hydrogen-bond donors (Lipinski definition) is 2. The summed E-state index contributed by atoms with van der Waals surface area (Å²) in [6, 6.07) is 27.6. The van der Waals surface area contributed by atoms with Crippen LogP contribution in [0.2, 0.25) is 0 Å². The highest BCUT2D eigenvalue weighted by Gasteiger charge is 2.26. The van der Waals surface area contributed by atoms with Crippen LogP contribution in [0.1, 0.15) is 128 Å². The molecule has 4 aromatic rings. The highest BCUT2D eigenvalue weighted by atomic mass is 16.3. The van der Waals surface area contributed by atoms with Gasteiger partial charge in [-0.05, 0) is 44.9 Å². The van der Waals surface area contributed by atoms with Gasteiger partial charge in [0, 0.05) is 33.4 Å². The lowest BCUT2D eigenvalue weighted by Crippen LogP contribution is -2.18. The Bertz CT molecular complexity index is 1780. The Balaban J connectivity index is 1.92. The summed E-state index contributed by atoms with van der Waals surface area (Å²) < 4.78 is 0. The molecule has 0 aromatic heterocycles. The minimum Gasteiger partial charge on any atom is -0.507 e. The highest BCUT2D eigenvalue weighted by Crippen LogP contribution is 2.38. The predicted molar refractivity (Wildman–Crippen MR) is 212 cm³/mol. The van der Waals surface area contributed by atoms with Crippen molar-refractivity contribution in [2.45, 2.75) is 105 Å². The maximum atomic E-state index is 11.4. The van der Waals surface area contributed by atoms with Gasteiger partial charge in [-0.3, -0.25) is 0 Å². The molecular weight excluding hydrogens is 617 g/mol. The number of aromatic hydroxyl groups is 2. The lowest BCUT2D eigenvalue weighted by Gasteiger charge is -2.26. The van der Waals surface area contributed by atoms with E-state index in [4.69, 9.17) is 10.2 Å². The first-order chi connectivity index (χ1) is 23.2. The maximum absolute atomic E-state index is 11.4. The van der Waals surface area contributed by atoms with Crippen LogP contribution in [-0.2, 0) is 21.7 Å². The van der Waals surface area contributed by atoms with Crippen molar-refractivity contribution in [3.8, 4) is 11.5 Å². The van der Waals surface area contributed by atoms with E-state index in [-0.39, 0.29) is 33.2 Å². The van der Waals surface area contributed by atoms with E-state index in [9.17, 15) is 10.2 Å². The summed E-state index contributed by atoms with van der Waals surface area (Å²) in [5.41, 5.74) is 6.92. The Kier molecular flexibility index (Phi) is 11.1. The van der Waals surface area contributed by atoms with E-state index < -0.39 is 0 Å². The number of nitrogens with zero attached hydrogens (tertiary/aromatic N) is 4. The summed E-state index contributed by atoms with van der Waals surface area (Å²) in [5.74, 6) is 0.387. The summed E-state index contributed by atoms with van der Waals surface area (Å²) in [5, 5.41) is 41.3. The third-order valence-corrected chi connectivity index (χ3v) is 8.65. The van der Waals surface area contributed by atoms with E-state index in [0.717, 1.165) is 33.4 Å². The number of hydrogen-bond acceptors (Lipinski definition) is 6. The van der Waals surface area contributed by atoms with Crippen molar-refractivity contribution in [2.24, 2.45) is 20.4 Å². The lowest BCUT2D eigenvalue weighted by molar-refractivity contribution is 0.443. The molecule has 0 radical (unpaired) electrons. The van der Waals surface area contributed by atoms with Crippen LogP contribution < -0.4 is 0 Å². The van der Waals surface area contributed by atoms with Gasteiger partial charge in [0.15, 0.2) is 0 Å². The molecule has 50 heavy (non-hydrogen) atoms. The molecule has 4 rings (SSSR count). The molecule has 0 aliphatic carbocycles. The Labute approximate surface area is 299 Å². The van der Waals surface area contributed by atoms with Gasteiger partial charge in [0.2, 0.25) is 0 Å². The molecular formula is C44H54N4O2. The van der Waals surface area contributed by atoms with Crippen molar-refractivity contribution in [2.75, 3.05) is 0 Å². The molecule has 6 heteroatoms. The molecule has 2 N–H and O–H groups in total. The molecule has 0 heterocycles. The Morgan fingerprint density at radius 1 is 0.460 bits per heavy atom. The van der Waals surface area contributed by atoms with E-state index >= 15 is 0 Å². The number of phenols is 2. The van der Waals surface area contributed by atoms with Crippen LogP contribution in [0, 0.1) is 0 Å². The molecule has 6 nitrogen and oxygen atoms in total. The van der Waals surface area contributed by atoms with Crippen molar-refractivity contribution in [3.63, 3.8) is 0 Å². The fraction of sp³-hybridized carbons (Fsp3) is 0.364. The molecule has 0 spiro atoms. The quantitative estimate of drug-likeness (QED) is 0.151. The van der Waals surface area contributed by atoms with Gasteiger partial charge >= 0.3 is 0 Å². The molecule has 0 aliphatic rings. The van der Waals surface area contributed by atoms with Crippen LogP contribution in [0.4, 0.5) is 0 Å². The lowest BCUT2D eigenvalue weighted by atomic mass is 9.79. The van der Waals surface area contributed by atoms with E-state index in [1.54, 1.807) is 12.4 Å². The second kappa shape index (κ2) is 14.6. The second-order valence-corrected chi connectivity index (χ2v) is 17.0. The smallest absolute Gasteiger partial charge is 0.128 e. The molecule has 0 saturated heterocycles. The Morgan fingerprint density at radius 3 is 1.06 bits per heavy atom. The van der Waals surface area contributed by atoms with Crippen molar-refractivity contribution < 1.29 is 10.2 Å². The normalized spacial score (nSPS) is 13.8. The fourth-order valence-electron chi connectivity index (χ4n) is 5.49. The van der Waals surface area contributed by atoms with Crippen LogP contribution in [0.5, 0.6) is 11.5 Å². The minimum absolute atomic E-state index is 0.131. The zero-order valence-electron chi connectivity index (χ0n) is 31.9. The molecule has 0 aliphatic heterocycles. The zero-order chi connectivity index (χ0) is 37.1. The molecule has 0 atom stereocenters.